The van der Waals surface area contributed by atoms with Crippen LogP contribution in [0.1, 0.15) is 31.4 Å². The van der Waals surface area contributed by atoms with Crippen molar-refractivity contribution in [2.45, 2.75) is 40.2 Å². The summed E-state index contributed by atoms with van der Waals surface area (Å²) in [6.45, 7) is 8.14. The van der Waals surface area contributed by atoms with Gasteiger partial charge in [-0.3, -0.25) is 4.79 Å². The maximum atomic E-state index is 11.9. The molecule has 5 heteroatoms. The minimum absolute atomic E-state index is 0.178. The first-order valence-electron chi connectivity index (χ1n) is 6.86. The summed E-state index contributed by atoms with van der Waals surface area (Å²) in [7, 11) is 0. The molecule has 0 spiro atoms. The molecule has 1 aromatic carbocycles. The molecule has 0 aromatic heterocycles. The number of amides is 3. The van der Waals surface area contributed by atoms with Gasteiger partial charge in [0, 0.05) is 12.2 Å². The van der Waals surface area contributed by atoms with E-state index in [9.17, 15) is 9.59 Å². The van der Waals surface area contributed by atoms with Gasteiger partial charge in [0.25, 0.3) is 0 Å². The Kier molecular flexibility index (Phi) is 6.03. The topological polar surface area (TPSA) is 70.2 Å². The van der Waals surface area contributed by atoms with E-state index in [1.54, 1.807) is 6.92 Å². The fraction of sp³-hybridized carbons (Fsp3) is 0.467. The van der Waals surface area contributed by atoms with Crippen molar-refractivity contribution in [3.63, 3.8) is 0 Å². The Labute approximate surface area is 120 Å². The lowest BCUT2D eigenvalue weighted by Gasteiger charge is -2.15. The van der Waals surface area contributed by atoms with E-state index in [1.165, 1.54) is 0 Å². The number of nitrogens with one attached hydrogen (secondary N) is 3. The van der Waals surface area contributed by atoms with Gasteiger partial charge in [-0.2, -0.15) is 0 Å². The van der Waals surface area contributed by atoms with Crippen LogP contribution in [0.5, 0.6) is 0 Å². The number of aryl methyl sites for hydroxylation is 2. The van der Waals surface area contributed by atoms with Crippen molar-refractivity contribution >= 4 is 17.6 Å². The molecule has 5 nitrogen and oxygen atoms in total. The number of carbonyl (C=O) groups is 2. The summed E-state index contributed by atoms with van der Waals surface area (Å²) in [6, 6.07) is 4.89. The Morgan fingerprint density at radius 3 is 2.60 bits per heavy atom. The van der Waals surface area contributed by atoms with Crippen molar-refractivity contribution in [1.82, 2.24) is 10.6 Å². The average molecular weight is 277 g/mol. The molecule has 3 N–H and O–H groups in total. The predicted octanol–water partition coefficient (Wildman–Crippen LogP) is 2.34. The Morgan fingerprint density at radius 2 is 1.95 bits per heavy atom. The molecule has 1 rings (SSSR count). The number of carbonyl (C=O) groups excluding carboxylic acids is 2. The standard InChI is InChI=1S/C15H23N3O2/c1-5-8-16-14(19)12(4)17-15(20)18-13-9-10(2)6-7-11(13)3/h6-7,9,12H,5,8H2,1-4H3,(H,16,19)(H2,17,18,20)/t12-/m0/s1. The summed E-state index contributed by atoms with van der Waals surface area (Å²) in [5.74, 6) is -0.178. The summed E-state index contributed by atoms with van der Waals surface area (Å²) in [5, 5.41) is 8.12. The molecule has 0 aliphatic rings. The highest BCUT2D eigenvalue weighted by molar-refractivity contribution is 5.94. The van der Waals surface area contributed by atoms with Crippen LogP contribution in [-0.4, -0.2) is 24.5 Å². The quantitative estimate of drug-likeness (QED) is 0.773. The minimum atomic E-state index is -0.563. The molecule has 0 heterocycles. The van der Waals surface area contributed by atoms with Gasteiger partial charge >= 0.3 is 6.03 Å². The van der Waals surface area contributed by atoms with E-state index in [2.05, 4.69) is 16.0 Å². The largest absolute Gasteiger partial charge is 0.354 e. The summed E-state index contributed by atoms with van der Waals surface area (Å²) >= 11 is 0. The first kappa shape index (κ1) is 16.0. The van der Waals surface area contributed by atoms with Crippen LogP contribution in [-0.2, 0) is 4.79 Å². The maximum Gasteiger partial charge on any atom is 0.319 e. The molecule has 20 heavy (non-hydrogen) atoms. The van der Waals surface area contributed by atoms with Crippen LogP contribution in [0.2, 0.25) is 0 Å². The molecule has 0 bridgehead atoms. The summed E-state index contributed by atoms with van der Waals surface area (Å²) in [4.78, 5) is 23.5. The Bertz CT molecular complexity index is 486. The molecule has 0 saturated carbocycles. The predicted molar refractivity (Wildman–Crippen MR) is 80.8 cm³/mol. The SMILES string of the molecule is CCCNC(=O)[C@H](C)NC(=O)Nc1cc(C)ccc1C. The van der Waals surface area contributed by atoms with Gasteiger partial charge in [-0.1, -0.05) is 19.1 Å². The molecule has 0 saturated heterocycles. The highest BCUT2D eigenvalue weighted by Crippen LogP contribution is 2.15. The zero-order valence-corrected chi connectivity index (χ0v) is 12.5. The summed E-state index contributed by atoms with van der Waals surface area (Å²) in [6.07, 6.45) is 0.868. The summed E-state index contributed by atoms with van der Waals surface area (Å²) < 4.78 is 0. The van der Waals surface area contributed by atoms with Crippen LogP contribution < -0.4 is 16.0 Å². The average Bonchev–Trinajstić information content (AvgIpc) is 2.40. The fourth-order valence-electron chi connectivity index (χ4n) is 1.69. The first-order chi connectivity index (χ1) is 9.43. The molecule has 0 radical (unpaired) electrons. The second kappa shape index (κ2) is 7.53. The number of rotatable bonds is 5. The number of anilines is 1. The number of urea groups is 1. The van der Waals surface area contributed by atoms with Crippen molar-refractivity contribution in [2.24, 2.45) is 0 Å². The maximum absolute atomic E-state index is 11.9. The molecule has 0 unspecified atom stereocenters. The van der Waals surface area contributed by atoms with Crippen molar-refractivity contribution in [3.05, 3.63) is 29.3 Å². The molecule has 1 aromatic rings. The smallest absolute Gasteiger partial charge is 0.319 e. The number of hydrogen-bond donors (Lipinski definition) is 3. The highest BCUT2D eigenvalue weighted by Gasteiger charge is 2.15. The van der Waals surface area contributed by atoms with Crippen molar-refractivity contribution in [1.29, 1.82) is 0 Å². The van der Waals surface area contributed by atoms with E-state index in [0.717, 1.165) is 23.2 Å². The van der Waals surface area contributed by atoms with E-state index in [4.69, 9.17) is 0 Å². The van der Waals surface area contributed by atoms with E-state index in [1.807, 2.05) is 39.0 Å². The molecule has 0 fully saturated rings. The Hall–Kier alpha value is -2.04. The second-order valence-electron chi connectivity index (χ2n) is 4.93. The van der Waals surface area contributed by atoms with Crippen LogP contribution >= 0.6 is 0 Å². The monoisotopic (exact) mass is 277 g/mol. The highest BCUT2D eigenvalue weighted by atomic mass is 16.2. The van der Waals surface area contributed by atoms with Gasteiger partial charge in [0.1, 0.15) is 6.04 Å². The fourth-order valence-corrected chi connectivity index (χ4v) is 1.69. The van der Waals surface area contributed by atoms with Crippen molar-refractivity contribution < 1.29 is 9.59 Å². The van der Waals surface area contributed by atoms with E-state index in [0.29, 0.717) is 6.54 Å². The van der Waals surface area contributed by atoms with E-state index >= 15 is 0 Å². The number of benzene rings is 1. The molecule has 3 amide bonds. The van der Waals surface area contributed by atoms with Gasteiger partial charge in [-0.15, -0.1) is 0 Å². The number of hydrogen-bond acceptors (Lipinski definition) is 2. The summed E-state index contributed by atoms with van der Waals surface area (Å²) in [5.41, 5.74) is 2.80. The third-order valence-electron chi connectivity index (χ3n) is 2.93. The van der Waals surface area contributed by atoms with E-state index in [-0.39, 0.29) is 11.9 Å². The molecular weight excluding hydrogens is 254 g/mol. The first-order valence-corrected chi connectivity index (χ1v) is 6.86. The van der Waals surface area contributed by atoms with Gasteiger partial charge < -0.3 is 16.0 Å². The van der Waals surface area contributed by atoms with Gasteiger partial charge in [-0.05, 0) is 44.4 Å². The van der Waals surface area contributed by atoms with Crippen molar-refractivity contribution in [2.75, 3.05) is 11.9 Å². The van der Waals surface area contributed by atoms with E-state index < -0.39 is 6.04 Å². The second-order valence-corrected chi connectivity index (χ2v) is 4.93. The van der Waals surface area contributed by atoms with Gasteiger partial charge in [0.05, 0.1) is 0 Å². The molecule has 0 aliphatic carbocycles. The lowest BCUT2D eigenvalue weighted by molar-refractivity contribution is -0.122. The zero-order chi connectivity index (χ0) is 15.1. The van der Waals surface area contributed by atoms with Crippen LogP contribution in [0.4, 0.5) is 10.5 Å². The van der Waals surface area contributed by atoms with Crippen LogP contribution in [0.25, 0.3) is 0 Å². The van der Waals surface area contributed by atoms with Gasteiger partial charge in [-0.25, -0.2) is 4.79 Å². The molecule has 0 aliphatic heterocycles. The molecular formula is C15H23N3O2. The third-order valence-corrected chi connectivity index (χ3v) is 2.93. The lowest BCUT2D eigenvalue weighted by atomic mass is 10.1. The third kappa shape index (κ3) is 4.91. The minimum Gasteiger partial charge on any atom is -0.354 e. The lowest BCUT2D eigenvalue weighted by Crippen LogP contribution is -2.46. The Balaban J connectivity index is 2.55. The Morgan fingerprint density at radius 1 is 1.25 bits per heavy atom. The normalized spacial score (nSPS) is 11.6. The van der Waals surface area contributed by atoms with Gasteiger partial charge in [0.2, 0.25) is 5.91 Å². The zero-order valence-electron chi connectivity index (χ0n) is 12.5. The van der Waals surface area contributed by atoms with Crippen molar-refractivity contribution in [3.8, 4) is 0 Å². The molecule has 110 valence electrons. The van der Waals surface area contributed by atoms with Gasteiger partial charge in [0.15, 0.2) is 0 Å². The van der Waals surface area contributed by atoms with Crippen LogP contribution in [0.3, 0.4) is 0 Å². The van der Waals surface area contributed by atoms with Crippen LogP contribution in [0, 0.1) is 13.8 Å². The van der Waals surface area contributed by atoms with Crippen LogP contribution in [0.15, 0.2) is 18.2 Å². The molecule has 1 atom stereocenters.